The molecular weight excluding hydrogens is 224 g/mol. The van der Waals surface area contributed by atoms with Gasteiger partial charge in [0.1, 0.15) is 0 Å². The number of hydrogen-bond acceptors (Lipinski definition) is 2. The summed E-state index contributed by atoms with van der Waals surface area (Å²) in [6, 6.07) is 0. The molecule has 0 aromatic carbocycles. The average Bonchev–Trinajstić information content (AvgIpc) is 2.30. The fraction of sp³-hybridized carbons (Fsp3) is 1.00. The van der Waals surface area contributed by atoms with E-state index in [1.165, 1.54) is 44.9 Å². The van der Waals surface area contributed by atoms with Crippen molar-refractivity contribution in [3.63, 3.8) is 0 Å². The van der Waals surface area contributed by atoms with E-state index in [-0.39, 0.29) is 0 Å². The predicted molar refractivity (Wildman–Crippen MR) is 74.4 cm³/mol. The minimum Gasteiger partial charge on any atom is -0.365 e. The molecule has 0 aromatic heterocycles. The van der Waals surface area contributed by atoms with E-state index >= 15 is 0 Å². The SMILES string of the molecule is CC1CC2CCCCCCCCCCC(O)(C1)O2. The lowest BCUT2D eigenvalue weighted by molar-refractivity contribution is -0.268. The van der Waals surface area contributed by atoms with Gasteiger partial charge in [0, 0.05) is 12.8 Å². The van der Waals surface area contributed by atoms with Crippen LogP contribution in [0.4, 0.5) is 0 Å². The minimum absolute atomic E-state index is 0.305. The van der Waals surface area contributed by atoms with Crippen LogP contribution >= 0.6 is 0 Å². The molecule has 3 unspecified atom stereocenters. The molecule has 2 nitrogen and oxygen atoms in total. The van der Waals surface area contributed by atoms with Gasteiger partial charge in [-0.05, 0) is 25.2 Å². The lowest BCUT2D eigenvalue weighted by Crippen LogP contribution is -2.43. The third-order valence-electron chi connectivity index (χ3n) is 4.56. The van der Waals surface area contributed by atoms with E-state index in [1.54, 1.807) is 0 Å². The van der Waals surface area contributed by atoms with Crippen molar-refractivity contribution in [3.05, 3.63) is 0 Å². The molecule has 2 bridgehead atoms. The van der Waals surface area contributed by atoms with Crippen molar-refractivity contribution in [2.24, 2.45) is 5.92 Å². The van der Waals surface area contributed by atoms with E-state index in [2.05, 4.69) is 6.92 Å². The summed E-state index contributed by atoms with van der Waals surface area (Å²) >= 11 is 0. The molecule has 0 radical (unpaired) electrons. The lowest BCUT2D eigenvalue weighted by Gasteiger charge is -2.40. The first-order valence-corrected chi connectivity index (χ1v) is 8.08. The van der Waals surface area contributed by atoms with E-state index in [9.17, 15) is 5.11 Å². The number of aliphatic hydroxyl groups is 1. The molecule has 1 N–H and O–H groups in total. The van der Waals surface area contributed by atoms with Crippen LogP contribution in [0.2, 0.25) is 0 Å². The van der Waals surface area contributed by atoms with Crippen molar-refractivity contribution >= 4 is 0 Å². The average molecular weight is 254 g/mol. The summed E-state index contributed by atoms with van der Waals surface area (Å²) in [4.78, 5) is 0. The van der Waals surface area contributed by atoms with Crippen molar-refractivity contribution in [3.8, 4) is 0 Å². The maximum Gasteiger partial charge on any atom is 0.166 e. The van der Waals surface area contributed by atoms with Gasteiger partial charge in [0.25, 0.3) is 0 Å². The largest absolute Gasteiger partial charge is 0.365 e. The topological polar surface area (TPSA) is 29.5 Å². The van der Waals surface area contributed by atoms with Crippen molar-refractivity contribution in [1.82, 2.24) is 0 Å². The Morgan fingerprint density at radius 1 is 0.944 bits per heavy atom. The van der Waals surface area contributed by atoms with Crippen LogP contribution in [0.1, 0.15) is 84.0 Å². The molecule has 2 saturated heterocycles. The van der Waals surface area contributed by atoms with Gasteiger partial charge in [-0.25, -0.2) is 0 Å². The van der Waals surface area contributed by atoms with Crippen LogP contribution < -0.4 is 0 Å². The molecule has 3 atom stereocenters. The fourth-order valence-electron chi connectivity index (χ4n) is 3.65. The number of fused-ring (bicyclic) bond motifs is 2. The predicted octanol–water partition coefficient (Wildman–Crippen LogP) is 4.40. The Balaban J connectivity index is 1.92. The number of ether oxygens (including phenoxy) is 1. The maximum atomic E-state index is 10.6. The maximum absolute atomic E-state index is 10.6. The Kier molecular flexibility index (Phi) is 5.50. The van der Waals surface area contributed by atoms with Crippen LogP contribution in [0.5, 0.6) is 0 Å². The Morgan fingerprint density at radius 3 is 2.28 bits per heavy atom. The van der Waals surface area contributed by atoms with Crippen LogP contribution in [0.25, 0.3) is 0 Å². The number of hydrogen-bond donors (Lipinski definition) is 1. The first-order chi connectivity index (χ1) is 8.68. The van der Waals surface area contributed by atoms with Gasteiger partial charge in [-0.3, -0.25) is 0 Å². The highest BCUT2D eigenvalue weighted by atomic mass is 16.6. The molecule has 2 aliphatic rings. The first kappa shape index (κ1) is 14.3. The molecule has 18 heavy (non-hydrogen) atoms. The summed E-state index contributed by atoms with van der Waals surface area (Å²) in [5, 5.41) is 10.6. The van der Waals surface area contributed by atoms with Crippen LogP contribution in [-0.2, 0) is 4.74 Å². The summed E-state index contributed by atoms with van der Waals surface area (Å²) in [7, 11) is 0. The number of rotatable bonds is 0. The van der Waals surface area contributed by atoms with Gasteiger partial charge in [-0.2, -0.15) is 0 Å². The van der Waals surface area contributed by atoms with Gasteiger partial charge < -0.3 is 9.84 Å². The molecule has 2 aliphatic heterocycles. The molecule has 0 spiro atoms. The van der Waals surface area contributed by atoms with Crippen molar-refractivity contribution in [1.29, 1.82) is 0 Å². The summed E-state index contributed by atoms with van der Waals surface area (Å²) in [5.41, 5.74) is 0. The Morgan fingerprint density at radius 2 is 1.56 bits per heavy atom. The van der Waals surface area contributed by atoms with Crippen molar-refractivity contribution < 1.29 is 9.84 Å². The van der Waals surface area contributed by atoms with Gasteiger partial charge >= 0.3 is 0 Å². The third-order valence-corrected chi connectivity index (χ3v) is 4.56. The second-order valence-corrected chi connectivity index (χ2v) is 6.60. The van der Waals surface area contributed by atoms with E-state index in [4.69, 9.17) is 4.74 Å². The van der Waals surface area contributed by atoms with Crippen LogP contribution in [0, 0.1) is 5.92 Å². The smallest absolute Gasteiger partial charge is 0.166 e. The fourth-order valence-corrected chi connectivity index (χ4v) is 3.65. The van der Waals surface area contributed by atoms with Gasteiger partial charge in [0.15, 0.2) is 5.79 Å². The van der Waals surface area contributed by atoms with Gasteiger partial charge in [0.05, 0.1) is 6.10 Å². The summed E-state index contributed by atoms with van der Waals surface area (Å²) in [6.45, 7) is 2.26. The molecular formula is C16H30O2. The molecule has 106 valence electrons. The molecule has 0 saturated carbocycles. The quantitative estimate of drug-likeness (QED) is 0.694. The van der Waals surface area contributed by atoms with E-state index in [0.717, 1.165) is 32.1 Å². The molecule has 2 heterocycles. The first-order valence-electron chi connectivity index (χ1n) is 8.08. The normalized spacial score (nSPS) is 40.3. The lowest BCUT2D eigenvalue weighted by atomic mass is 9.87. The highest BCUT2D eigenvalue weighted by molar-refractivity contribution is 4.81. The second kappa shape index (κ2) is 6.91. The molecule has 0 aliphatic carbocycles. The minimum atomic E-state index is -0.809. The zero-order chi connectivity index (χ0) is 12.8. The van der Waals surface area contributed by atoms with Gasteiger partial charge in [-0.1, -0.05) is 51.9 Å². The molecule has 2 fully saturated rings. The van der Waals surface area contributed by atoms with E-state index in [0.29, 0.717) is 12.0 Å². The molecule has 2 rings (SSSR count). The van der Waals surface area contributed by atoms with Crippen LogP contribution in [0.15, 0.2) is 0 Å². The van der Waals surface area contributed by atoms with Crippen LogP contribution in [0.3, 0.4) is 0 Å². The zero-order valence-corrected chi connectivity index (χ0v) is 12.0. The van der Waals surface area contributed by atoms with Crippen LogP contribution in [-0.4, -0.2) is 17.0 Å². The summed E-state index contributed by atoms with van der Waals surface area (Å²) in [6.07, 6.45) is 14.7. The Labute approximate surface area is 112 Å². The van der Waals surface area contributed by atoms with Gasteiger partial charge in [0.2, 0.25) is 0 Å². The molecule has 0 aromatic rings. The van der Waals surface area contributed by atoms with E-state index < -0.39 is 5.79 Å². The highest BCUT2D eigenvalue weighted by Crippen LogP contribution is 2.36. The summed E-state index contributed by atoms with van der Waals surface area (Å²) in [5.74, 6) is -0.199. The summed E-state index contributed by atoms with van der Waals surface area (Å²) < 4.78 is 6.01. The second-order valence-electron chi connectivity index (χ2n) is 6.60. The standard InChI is InChI=1S/C16H30O2/c1-14-12-15-10-8-6-4-2-3-5-7-9-11-16(17,13-14)18-15/h14-15,17H,2-13H2,1H3. The monoisotopic (exact) mass is 254 g/mol. The zero-order valence-electron chi connectivity index (χ0n) is 12.0. The molecule has 0 amide bonds. The van der Waals surface area contributed by atoms with Crippen molar-refractivity contribution in [2.45, 2.75) is 95.9 Å². The molecule has 2 heteroatoms. The Bertz CT molecular complexity index is 241. The Hall–Kier alpha value is -0.0800. The van der Waals surface area contributed by atoms with E-state index in [1.807, 2.05) is 0 Å². The highest BCUT2D eigenvalue weighted by Gasteiger charge is 2.37. The van der Waals surface area contributed by atoms with Crippen molar-refractivity contribution in [2.75, 3.05) is 0 Å². The van der Waals surface area contributed by atoms with Gasteiger partial charge in [-0.15, -0.1) is 0 Å². The third kappa shape index (κ3) is 4.55.